The van der Waals surface area contributed by atoms with E-state index in [1.165, 1.54) is 0 Å². The Bertz CT molecular complexity index is 655. The summed E-state index contributed by atoms with van der Waals surface area (Å²) in [7, 11) is 0. The first-order chi connectivity index (χ1) is 14.4. The van der Waals surface area contributed by atoms with Crippen LogP contribution in [0, 0.1) is 0 Å². The van der Waals surface area contributed by atoms with Gasteiger partial charge in [-0.05, 0) is 43.4 Å². The molecule has 0 aliphatic heterocycles. The van der Waals surface area contributed by atoms with Crippen LogP contribution in [-0.2, 0) is 25.5 Å². The lowest BCUT2D eigenvalue weighted by atomic mass is 10.1. The SMILES string of the molecule is O=C(CCCCCCC(=O)Nc1ccc(CC(=O)OCCCC(F)CF)cc1)NO. The molecule has 0 saturated heterocycles. The highest BCUT2D eigenvalue weighted by Gasteiger charge is 2.09. The lowest BCUT2D eigenvalue weighted by Crippen LogP contribution is -2.17. The normalized spacial score (nSPS) is 11.6. The molecule has 1 aromatic carbocycles. The van der Waals surface area contributed by atoms with Crippen molar-refractivity contribution < 1.29 is 33.1 Å². The van der Waals surface area contributed by atoms with Crippen molar-refractivity contribution >= 4 is 23.5 Å². The number of amides is 2. The van der Waals surface area contributed by atoms with Crippen LogP contribution in [0.3, 0.4) is 0 Å². The van der Waals surface area contributed by atoms with Crippen molar-refractivity contribution in [1.29, 1.82) is 0 Å². The van der Waals surface area contributed by atoms with E-state index in [0.29, 0.717) is 24.9 Å². The van der Waals surface area contributed by atoms with Crippen molar-refractivity contribution in [3.8, 4) is 0 Å². The van der Waals surface area contributed by atoms with E-state index in [9.17, 15) is 23.2 Å². The van der Waals surface area contributed by atoms with E-state index in [1.807, 2.05) is 0 Å². The van der Waals surface area contributed by atoms with Crippen molar-refractivity contribution in [3.05, 3.63) is 29.8 Å². The molecule has 1 atom stereocenters. The maximum Gasteiger partial charge on any atom is 0.310 e. The van der Waals surface area contributed by atoms with E-state index in [4.69, 9.17) is 9.94 Å². The lowest BCUT2D eigenvalue weighted by molar-refractivity contribution is -0.143. The monoisotopic (exact) mass is 428 g/mol. The molecule has 1 rings (SSSR count). The van der Waals surface area contributed by atoms with Crippen molar-refractivity contribution in [2.24, 2.45) is 0 Å². The molecular formula is C21H30F2N2O5. The molecule has 30 heavy (non-hydrogen) atoms. The minimum absolute atomic E-state index is 0.0268. The van der Waals surface area contributed by atoms with Crippen LogP contribution in [0.15, 0.2) is 24.3 Å². The summed E-state index contributed by atoms with van der Waals surface area (Å²) in [5, 5.41) is 11.2. The fourth-order valence-corrected chi connectivity index (χ4v) is 2.70. The van der Waals surface area contributed by atoms with Crippen LogP contribution in [0.2, 0.25) is 0 Å². The molecule has 168 valence electrons. The molecule has 3 N–H and O–H groups in total. The second kappa shape index (κ2) is 15.3. The fourth-order valence-electron chi connectivity index (χ4n) is 2.70. The topological polar surface area (TPSA) is 105 Å². The quantitative estimate of drug-likeness (QED) is 0.171. The van der Waals surface area contributed by atoms with Gasteiger partial charge in [-0.15, -0.1) is 0 Å². The number of hydrogen-bond donors (Lipinski definition) is 3. The number of hydrogen-bond acceptors (Lipinski definition) is 5. The van der Waals surface area contributed by atoms with Crippen LogP contribution in [0.5, 0.6) is 0 Å². The number of nitrogens with one attached hydrogen (secondary N) is 2. The van der Waals surface area contributed by atoms with Crippen molar-refractivity contribution in [2.45, 2.75) is 64.0 Å². The maximum absolute atomic E-state index is 12.7. The van der Waals surface area contributed by atoms with Crippen LogP contribution < -0.4 is 10.8 Å². The zero-order chi connectivity index (χ0) is 22.2. The van der Waals surface area contributed by atoms with Gasteiger partial charge in [-0.3, -0.25) is 19.6 Å². The van der Waals surface area contributed by atoms with Gasteiger partial charge >= 0.3 is 5.97 Å². The second-order valence-electron chi connectivity index (χ2n) is 6.99. The van der Waals surface area contributed by atoms with Crippen LogP contribution in [-0.4, -0.2) is 42.4 Å². The van der Waals surface area contributed by atoms with Gasteiger partial charge in [0.25, 0.3) is 0 Å². The number of carbonyl (C=O) groups excluding carboxylic acids is 3. The number of alkyl halides is 2. The second-order valence-corrected chi connectivity index (χ2v) is 6.99. The molecule has 0 bridgehead atoms. The van der Waals surface area contributed by atoms with E-state index < -0.39 is 24.7 Å². The number of hydroxylamine groups is 1. The zero-order valence-corrected chi connectivity index (χ0v) is 17.0. The Morgan fingerprint density at radius 3 is 2.20 bits per heavy atom. The largest absolute Gasteiger partial charge is 0.465 e. The average Bonchev–Trinajstić information content (AvgIpc) is 2.74. The Morgan fingerprint density at radius 2 is 1.60 bits per heavy atom. The van der Waals surface area contributed by atoms with Gasteiger partial charge in [0.15, 0.2) is 0 Å². The molecule has 9 heteroatoms. The molecule has 0 radical (unpaired) electrons. The van der Waals surface area contributed by atoms with Crippen LogP contribution in [0.4, 0.5) is 14.5 Å². The number of benzene rings is 1. The van der Waals surface area contributed by atoms with E-state index >= 15 is 0 Å². The summed E-state index contributed by atoms with van der Waals surface area (Å²) in [6.07, 6.45) is 2.46. The zero-order valence-electron chi connectivity index (χ0n) is 17.0. The van der Waals surface area contributed by atoms with Crippen LogP contribution >= 0.6 is 0 Å². The van der Waals surface area contributed by atoms with Crippen molar-refractivity contribution in [2.75, 3.05) is 18.6 Å². The highest BCUT2D eigenvalue weighted by Crippen LogP contribution is 2.13. The smallest absolute Gasteiger partial charge is 0.310 e. The number of ether oxygens (including phenoxy) is 1. The molecule has 2 amide bonds. The summed E-state index contributed by atoms with van der Waals surface area (Å²) in [6, 6.07) is 6.82. The van der Waals surface area contributed by atoms with Crippen molar-refractivity contribution in [1.82, 2.24) is 5.48 Å². The predicted molar refractivity (Wildman–Crippen MR) is 107 cm³/mol. The minimum atomic E-state index is -1.51. The number of anilines is 1. The van der Waals surface area contributed by atoms with E-state index in [1.54, 1.807) is 29.7 Å². The number of halogens is 2. The Morgan fingerprint density at radius 1 is 0.967 bits per heavy atom. The molecule has 0 spiro atoms. The van der Waals surface area contributed by atoms with Gasteiger partial charge in [0.2, 0.25) is 11.8 Å². The van der Waals surface area contributed by atoms with Crippen molar-refractivity contribution in [3.63, 3.8) is 0 Å². The van der Waals surface area contributed by atoms with Gasteiger partial charge in [-0.1, -0.05) is 25.0 Å². The van der Waals surface area contributed by atoms with Gasteiger partial charge in [-0.2, -0.15) is 0 Å². The molecule has 1 aromatic rings. The fraction of sp³-hybridized carbons (Fsp3) is 0.571. The number of unbranched alkanes of at least 4 members (excludes halogenated alkanes) is 3. The third kappa shape index (κ3) is 12.1. The number of esters is 1. The summed E-state index contributed by atoms with van der Waals surface area (Å²) >= 11 is 0. The molecule has 1 unspecified atom stereocenters. The minimum Gasteiger partial charge on any atom is -0.465 e. The Kier molecular flexibility index (Phi) is 13.0. The first-order valence-corrected chi connectivity index (χ1v) is 10.1. The van der Waals surface area contributed by atoms with E-state index in [2.05, 4.69) is 5.32 Å². The van der Waals surface area contributed by atoms with Gasteiger partial charge in [-0.25, -0.2) is 14.3 Å². The molecule has 0 heterocycles. The van der Waals surface area contributed by atoms with Crippen LogP contribution in [0.1, 0.15) is 56.9 Å². The third-order valence-corrected chi connectivity index (χ3v) is 4.36. The maximum atomic E-state index is 12.7. The van der Waals surface area contributed by atoms with Crippen LogP contribution in [0.25, 0.3) is 0 Å². The average molecular weight is 428 g/mol. The van der Waals surface area contributed by atoms with E-state index in [0.717, 1.165) is 18.4 Å². The molecule has 0 aromatic heterocycles. The lowest BCUT2D eigenvalue weighted by Gasteiger charge is -2.08. The first kappa shape index (κ1) is 25.5. The standard InChI is InChI=1S/C21H30F2N2O5/c22-15-17(23)6-5-13-30-21(28)14-16-9-11-18(12-10-16)24-19(26)7-3-1-2-4-8-20(27)25-29/h9-12,17,29H,1-8,13-15H2,(H,24,26)(H,25,27). The highest BCUT2D eigenvalue weighted by atomic mass is 19.2. The molecular weight excluding hydrogens is 398 g/mol. The molecule has 0 aliphatic rings. The Balaban J connectivity index is 2.20. The summed E-state index contributed by atoms with van der Waals surface area (Å²) in [5.41, 5.74) is 2.92. The van der Waals surface area contributed by atoms with Gasteiger partial charge in [0.1, 0.15) is 12.8 Å². The highest BCUT2D eigenvalue weighted by molar-refractivity contribution is 5.90. The summed E-state index contributed by atoms with van der Waals surface area (Å²) in [4.78, 5) is 34.5. The predicted octanol–water partition coefficient (Wildman–Crippen LogP) is 3.64. The number of carbonyl (C=O) groups is 3. The summed E-state index contributed by atoms with van der Waals surface area (Å²) in [6.45, 7) is -0.968. The third-order valence-electron chi connectivity index (χ3n) is 4.36. The molecule has 0 saturated carbocycles. The van der Waals surface area contributed by atoms with Gasteiger partial charge in [0.05, 0.1) is 13.0 Å². The Hall–Kier alpha value is -2.55. The molecule has 0 aliphatic carbocycles. The summed E-state index contributed by atoms with van der Waals surface area (Å²) < 4.78 is 29.7. The van der Waals surface area contributed by atoms with Gasteiger partial charge < -0.3 is 10.1 Å². The van der Waals surface area contributed by atoms with Gasteiger partial charge in [0, 0.05) is 18.5 Å². The number of rotatable bonds is 15. The summed E-state index contributed by atoms with van der Waals surface area (Å²) in [5.74, 6) is -0.971. The Labute approximate surface area is 175 Å². The molecule has 0 fully saturated rings. The van der Waals surface area contributed by atoms with E-state index in [-0.39, 0.29) is 38.2 Å². The first-order valence-electron chi connectivity index (χ1n) is 10.1. The molecule has 7 nitrogen and oxygen atoms in total.